The van der Waals surface area contributed by atoms with E-state index in [1.165, 1.54) is 12.1 Å². The number of alkyl halides is 3. The molecular formula is C23H22F3N3O2. The van der Waals surface area contributed by atoms with Gasteiger partial charge >= 0.3 is 6.18 Å². The molecule has 0 aliphatic carbocycles. The van der Waals surface area contributed by atoms with E-state index < -0.39 is 17.3 Å². The van der Waals surface area contributed by atoms with E-state index in [0.29, 0.717) is 31.7 Å². The van der Waals surface area contributed by atoms with Crippen molar-refractivity contribution in [1.29, 1.82) is 0 Å². The maximum Gasteiger partial charge on any atom is 0.416 e. The SMILES string of the molecule is O=C(c1cc2ccccc2[nH]c1=O)N1CCCN(Cc2ccc(C(F)(F)F)cc2)CC1. The third-order valence-electron chi connectivity index (χ3n) is 5.55. The largest absolute Gasteiger partial charge is 0.416 e. The molecule has 0 saturated carbocycles. The Kier molecular flexibility index (Phi) is 5.82. The molecule has 3 aromatic rings. The fourth-order valence-electron chi connectivity index (χ4n) is 3.87. The number of aromatic amines is 1. The minimum Gasteiger partial charge on any atom is -0.337 e. The first kappa shape index (κ1) is 21.1. The van der Waals surface area contributed by atoms with Crippen LogP contribution in [0, 0.1) is 0 Å². The number of fused-ring (bicyclic) bond motifs is 1. The third-order valence-corrected chi connectivity index (χ3v) is 5.55. The molecular weight excluding hydrogens is 407 g/mol. The lowest BCUT2D eigenvalue weighted by atomic mass is 10.1. The van der Waals surface area contributed by atoms with Gasteiger partial charge in [-0.05, 0) is 41.6 Å². The molecule has 1 saturated heterocycles. The average Bonchev–Trinajstić information content (AvgIpc) is 2.98. The van der Waals surface area contributed by atoms with Crippen molar-refractivity contribution in [3.05, 3.63) is 81.6 Å². The van der Waals surface area contributed by atoms with Gasteiger partial charge in [0, 0.05) is 38.2 Å². The first-order valence-electron chi connectivity index (χ1n) is 10.1. The molecule has 1 N–H and O–H groups in total. The van der Waals surface area contributed by atoms with Crippen LogP contribution in [0.1, 0.15) is 27.9 Å². The molecule has 1 aromatic heterocycles. The van der Waals surface area contributed by atoms with Crippen molar-refractivity contribution in [2.24, 2.45) is 0 Å². The number of halogens is 3. The fraction of sp³-hybridized carbons (Fsp3) is 0.304. The van der Waals surface area contributed by atoms with Crippen LogP contribution in [0.25, 0.3) is 10.9 Å². The summed E-state index contributed by atoms with van der Waals surface area (Å²) in [6.07, 6.45) is -3.62. The summed E-state index contributed by atoms with van der Waals surface area (Å²) in [6.45, 7) is 2.79. The smallest absolute Gasteiger partial charge is 0.337 e. The molecule has 8 heteroatoms. The first-order chi connectivity index (χ1) is 14.8. The summed E-state index contributed by atoms with van der Waals surface area (Å²) >= 11 is 0. The number of hydrogen-bond acceptors (Lipinski definition) is 3. The molecule has 2 heterocycles. The molecule has 1 aliphatic rings. The molecule has 4 rings (SSSR count). The number of benzene rings is 2. The van der Waals surface area contributed by atoms with Gasteiger partial charge in [-0.15, -0.1) is 0 Å². The quantitative estimate of drug-likeness (QED) is 0.687. The van der Waals surface area contributed by atoms with Gasteiger partial charge in [-0.25, -0.2) is 0 Å². The van der Waals surface area contributed by atoms with Gasteiger partial charge in [-0.2, -0.15) is 13.2 Å². The zero-order valence-corrected chi connectivity index (χ0v) is 16.8. The molecule has 0 atom stereocenters. The second kappa shape index (κ2) is 8.55. The Bertz CT molecular complexity index is 1140. The summed E-state index contributed by atoms with van der Waals surface area (Å²) in [5, 5.41) is 0.796. The number of carbonyl (C=O) groups is 1. The van der Waals surface area contributed by atoms with Crippen molar-refractivity contribution in [3.63, 3.8) is 0 Å². The highest BCUT2D eigenvalue weighted by Crippen LogP contribution is 2.29. The summed E-state index contributed by atoms with van der Waals surface area (Å²) < 4.78 is 38.2. The van der Waals surface area contributed by atoms with Gasteiger partial charge in [-0.3, -0.25) is 14.5 Å². The minimum atomic E-state index is -4.34. The number of carbonyl (C=O) groups excluding carboxylic acids is 1. The van der Waals surface area contributed by atoms with Gasteiger partial charge in [0.25, 0.3) is 11.5 Å². The van der Waals surface area contributed by atoms with Crippen molar-refractivity contribution in [3.8, 4) is 0 Å². The van der Waals surface area contributed by atoms with E-state index in [2.05, 4.69) is 9.88 Å². The standard InChI is InChI=1S/C23H22F3N3O2/c24-23(25,26)18-8-6-16(7-9-18)15-28-10-3-11-29(13-12-28)22(31)19-14-17-4-1-2-5-20(17)27-21(19)30/h1-2,4-9,14H,3,10-13,15H2,(H,27,30). The molecule has 1 aliphatic heterocycles. The Hall–Kier alpha value is -3.13. The highest BCUT2D eigenvalue weighted by Gasteiger charge is 2.30. The number of amides is 1. The highest BCUT2D eigenvalue weighted by atomic mass is 19.4. The number of pyridine rings is 1. The maximum atomic E-state index is 13.0. The van der Waals surface area contributed by atoms with Gasteiger partial charge in [0.1, 0.15) is 5.56 Å². The molecule has 5 nitrogen and oxygen atoms in total. The van der Waals surface area contributed by atoms with E-state index in [0.717, 1.165) is 36.0 Å². The Morgan fingerprint density at radius 1 is 0.968 bits per heavy atom. The minimum absolute atomic E-state index is 0.120. The number of hydrogen-bond donors (Lipinski definition) is 1. The van der Waals surface area contributed by atoms with E-state index in [9.17, 15) is 22.8 Å². The Balaban J connectivity index is 1.42. The van der Waals surface area contributed by atoms with Crippen molar-refractivity contribution < 1.29 is 18.0 Å². The van der Waals surface area contributed by atoms with E-state index in [4.69, 9.17) is 0 Å². The van der Waals surface area contributed by atoms with Crippen LogP contribution < -0.4 is 5.56 Å². The summed E-state index contributed by atoms with van der Waals surface area (Å²) in [5.74, 6) is -0.302. The molecule has 162 valence electrons. The van der Waals surface area contributed by atoms with E-state index >= 15 is 0 Å². The lowest BCUT2D eigenvalue weighted by Gasteiger charge is -2.22. The first-order valence-corrected chi connectivity index (χ1v) is 10.1. The molecule has 2 aromatic carbocycles. The highest BCUT2D eigenvalue weighted by molar-refractivity contribution is 5.97. The van der Waals surface area contributed by atoms with Gasteiger partial charge < -0.3 is 9.88 Å². The van der Waals surface area contributed by atoms with Crippen LogP contribution in [0.5, 0.6) is 0 Å². The van der Waals surface area contributed by atoms with Gasteiger partial charge in [0.15, 0.2) is 0 Å². The predicted octanol–water partition coefficient (Wildman–Crippen LogP) is 3.90. The third kappa shape index (κ3) is 4.80. The molecule has 1 amide bonds. The lowest BCUT2D eigenvalue weighted by molar-refractivity contribution is -0.137. The van der Waals surface area contributed by atoms with Crippen LogP contribution in [0.2, 0.25) is 0 Å². The number of H-pyrrole nitrogens is 1. The second-order valence-corrected chi connectivity index (χ2v) is 7.72. The number of rotatable bonds is 3. The van der Waals surface area contributed by atoms with Crippen LogP contribution >= 0.6 is 0 Å². The van der Waals surface area contributed by atoms with Gasteiger partial charge in [0.05, 0.1) is 5.56 Å². The molecule has 1 fully saturated rings. The van der Waals surface area contributed by atoms with Crippen molar-refractivity contribution in [2.75, 3.05) is 26.2 Å². The second-order valence-electron chi connectivity index (χ2n) is 7.72. The lowest BCUT2D eigenvalue weighted by Crippen LogP contribution is -2.37. The zero-order chi connectivity index (χ0) is 22.0. The molecule has 0 unspecified atom stereocenters. The molecule has 0 bridgehead atoms. The van der Waals surface area contributed by atoms with E-state index in [-0.39, 0.29) is 11.5 Å². The van der Waals surface area contributed by atoms with Crippen LogP contribution in [0.3, 0.4) is 0 Å². The topological polar surface area (TPSA) is 56.4 Å². The summed E-state index contributed by atoms with van der Waals surface area (Å²) in [7, 11) is 0. The van der Waals surface area contributed by atoms with Crippen LogP contribution in [-0.4, -0.2) is 46.9 Å². The Labute approximate surface area is 177 Å². The number of nitrogens with one attached hydrogen (secondary N) is 1. The summed E-state index contributed by atoms with van der Waals surface area (Å²) in [6, 6.07) is 14.1. The van der Waals surface area contributed by atoms with E-state index in [1.54, 1.807) is 17.0 Å². The summed E-state index contributed by atoms with van der Waals surface area (Å²) in [5.41, 5.74) is 0.523. The van der Waals surface area contributed by atoms with Crippen molar-refractivity contribution in [2.45, 2.75) is 19.1 Å². The van der Waals surface area contributed by atoms with E-state index in [1.807, 2.05) is 18.2 Å². The maximum absolute atomic E-state index is 13.0. The zero-order valence-electron chi connectivity index (χ0n) is 16.8. The predicted molar refractivity (Wildman–Crippen MR) is 112 cm³/mol. The van der Waals surface area contributed by atoms with Crippen molar-refractivity contribution >= 4 is 16.8 Å². The summed E-state index contributed by atoms with van der Waals surface area (Å²) in [4.78, 5) is 31.9. The van der Waals surface area contributed by atoms with Crippen molar-refractivity contribution in [1.82, 2.24) is 14.8 Å². The number of nitrogens with zero attached hydrogens (tertiary/aromatic N) is 2. The van der Waals surface area contributed by atoms with Gasteiger partial charge in [-0.1, -0.05) is 30.3 Å². The molecule has 31 heavy (non-hydrogen) atoms. The van der Waals surface area contributed by atoms with Crippen LogP contribution in [0.15, 0.2) is 59.4 Å². The average molecular weight is 429 g/mol. The van der Waals surface area contributed by atoms with Crippen LogP contribution in [0.4, 0.5) is 13.2 Å². The Morgan fingerprint density at radius 3 is 2.45 bits per heavy atom. The van der Waals surface area contributed by atoms with Gasteiger partial charge in [0.2, 0.25) is 0 Å². The number of para-hydroxylation sites is 1. The fourth-order valence-corrected chi connectivity index (χ4v) is 3.87. The molecule has 0 spiro atoms. The normalized spacial score (nSPS) is 15.8. The number of aromatic nitrogens is 1. The monoisotopic (exact) mass is 429 g/mol. The van der Waals surface area contributed by atoms with Crippen LogP contribution in [-0.2, 0) is 12.7 Å². The molecule has 0 radical (unpaired) electrons. The Morgan fingerprint density at radius 2 is 1.71 bits per heavy atom.